The lowest BCUT2D eigenvalue weighted by atomic mass is 10.1. The number of nitrogens with zero attached hydrogens (tertiary/aromatic N) is 2. The van der Waals surface area contributed by atoms with E-state index in [0.717, 1.165) is 18.1 Å². The normalized spacial score (nSPS) is 10.3. The molecule has 1 heterocycles. The fourth-order valence-corrected chi connectivity index (χ4v) is 1.91. The van der Waals surface area contributed by atoms with Crippen LogP contribution in [0.5, 0.6) is 0 Å². The van der Waals surface area contributed by atoms with Crippen molar-refractivity contribution >= 4 is 11.8 Å². The summed E-state index contributed by atoms with van der Waals surface area (Å²) in [4.78, 5) is 16.4. The fourth-order valence-electron chi connectivity index (χ4n) is 1.91. The topological polar surface area (TPSA) is 53.4 Å². The van der Waals surface area contributed by atoms with E-state index in [4.69, 9.17) is 5.11 Å². The molecule has 0 aliphatic carbocycles. The summed E-state index contributed by atoms with van der Waals surface area (Å²) in [6.07, 6.45) is 2.04. The number of halogens is 1. The van der Waals surface area contributed by atoms with Gasteiger partial charge in [0.2, 0.25) is 0 Å². The lowest BCUT2D eigenvalue weighted by Crippen LogP contribution is -2.23. The average Bonchev–Trinajstić information content (AvgIpc) is 2.46. The van der Waals surface area contributed by atoms with E-state index >= 15 is 0 Å². The molecule has 0 unspecified atom stereocenters. The van der Waals surface area contributed by atoms with E-state index in [1.54, 1.807) is 11.9 Å². The zero-order chi connectivity index (χ0) is 14.5. The van der Waals surface area contributed by atoms with Gasteiger partial charge in [0.15, 0.2) is 11.6 Å². The van der Waals surface area contributed by atoms with Gasteiger partial charge in [-0.2, -0.15) is 0 Å². The molecule has 20 heavy (non-hydrogen) atoms. The van der Waals surface area contributed by atoms with Crippen LogP contribution in [-0.4, -0.2) is 29.7 Å². The van der Waals surface area contributed by atoms with Crippen LogP contribution in [0.4, 0.5) is 10.2 Å². The Balaban J connectivity index is 2.11. The van der Waals surface area contributed by atoms with Gasteiger partial charge in [-0.05, 0) is 18.1 Å². The summed E-state index contributed by atoms with van der Waals surface area (Å²) in [6, 6.07) is 11.0. The van der Waals surface area contributed by atoms with E-state index in [-0.39, 0.29) is 11.4 Å². The van der Waals surface area contributed by atoms with E-state index in [0.29, 0.717) is 6.54 Å². The van der Waals surface area contributed by atoms with Gasteiger partial charge in [-0.1, -0.05) is 30.3 Å². The fraction of sp³-hybridized carbons (Fsp3) is 0.200. The molecule has 0 atom stereocenters. The van der Waals surface area contributed by atoms with Gasteiger partial charge in [0, 0.05) is 19.8 Å². The molecule has 0 saturated heterocycles. The Morgan fingerprint density at radius 2 is 2.00 bits per heavy atom. The van der Waals surface area contributed by atoms with Crippen molar-refractivity contribution in [3.63, 3.8) is 0 Å². The van der Waals surface area contributed by atoms with Crippen molar-refractivity contribution in [2.75, 3.05) is 18.5 Å². The van der Waals surface area contributed by atoms with Gasteiger partial charge in [0.05, 0.1) is 0 Å². The van der Waals surface area contributed by atoms with Gasteiger partial charge < -0.3 is 10.0 Å². The largest absolute Gasteiger partial charge is 0.478 e. The Hall–Kier alpha value is -2.43. The third kappa shape index (κ3) is 3.12. The molecule has 5 heteroatoms. The highest BCUT2D eigenvalue weighted by atomic mass is 19.1. The molecule has 0 fully saturated rings. The molecular formula is C15H15FN2O2. The number of hydrogen-bond acceptors (Lipinski definition) is 3. The SMILES string of the molecule is CN(CCc1ccccc1)c1nccc(C(=O)O)c1F. The molecular weight excluding hydrogens is 259 g/mol. The first-order chi connectivity index (χ1) is 9.59. The van der Waals surface area contributed by atoms with Crippen LogP contribution in [0.25, 0.3) is 0 Å². The second-order valence-electron chi connectivity index (χ2n) is 4.46. The molecule has 2 rings (SSSR count). The van der Waals surface area contributed by atoms with Gasteiger partial charge in [0.25, 0.3) is 0 Å². The molecule has 0 radical (unpaired) electrons. The molecule has 0 saturated carbocycles. The van der Waals surface area contributed by atoms with Crippen LogP contribution in [0.15, 0.2) is 42.6 Å². The molecule has 1 aromatic carbocycles. The van der Waals surface area contributed by atoms with E-state index in [2.05, 4.69) is 4.98 Å². The highest BCUT2D eigenvalue weighted by Gasteiger charge is 2.17. The minimum Gasteiger partial charge on any atom is -0.478 e. The maximum atomic E-state index is 14.0. The molecule has 0 spiro atoms. The van der Waals surface area contributed by atoms with Crippen LogP contribution in [0.1, 0.15) is 15.9 Å². The van der Waals surface area contributed by atoms with Gasteiger partial charge >= 0.3 is 5.97 Å². The van der Waals surface area contributed by atoms with Gasteiger partial charge in [-0.3, -0.25) is 0 Å². The first-order valence-corrected chi connectivity index (χ1v) is 6.22. The molecule has 0 bridgehead atoms. The van der Waals surface area contributed by atoms with Gasteiger partial charge in [0.1, 0.15) is 5.56 Å². The number of benzene rings is 1. The van der Waals surface area contributed by atoms with Crippen molar-refractivity contribution in [2.24, 2.45) is 0 Å². The standard InChI is InChI=1S/C15H15FN2O2/c1-18(10-8-11-5-3-2-4-6-11)14-13(16)12(15(19)20)7-9-17-14/h2-7,9H,8,10H2,1H3,(H,19,20). The summed E-state index contributed by atoms with van der Waals surface area (Å²) in [6.45, 7) is 0.553. The smallest absolute Gasteiger partial charge is 0.338 e. The van der Waals surface area contributed by atoms with Gasteiger partial charge in [-0.15, -0.1) is 0 Å². The number of aromatic nitrogens is 1. The van der Waals surface area contributed by atoms with Crippen LogP contribution in [-0.2, 0) is 6.42 Å². The van der Waals surface area contributed by atoms with Crippen LogP contribution in [0, 0.1) is 5.82 Å². The third-order valence-corrected chi connectivity index (χ3v) is 3.04. The summed E-state index contributed by atoms with van der Waals surface area (Å²) in [5.41, 5.74) is 0.774. The Labute approximate surface area is 116 Å². The lowest BCUT2D eigenvalue weighted by molar-refractivity contribution is 0.0692. The van der Waals surface area contributed by atoms with E-state index < -0.39 is 11.8 Å². The first-order valence-electron chi connectivity index (χ1n) is 6.22. The van der Waals surface area contributed by atoms with Gasteiger partial charge in [-0.25, -0.2) is 14.2 Å². The monoisotopic (exact) mass is 274 g/mol. The Kier molecular flexibility index (Phi) is 4.30. The summed E-state index contributed by atoms with van der Waals surface area (Å²) < 4.78 is 14.0. The summed E-state index contributed by atoms with van der Waals surface area (Å²) in [5.74, 6) is -2.03. The summed E-state index contributed by atoms with van der Waals surface area (Å²) in [5, 5.41) is 8.89. The van der Waals surface area contributed by atoms with Crippen molar-refractivity contribution < 1.29 is 14.3 Å². The van der Waals surface area contributed by atoms with Crippen LogP contribution in [0.2, 0.25) is 0 Å². The Morgan fingerprint density at radius 3 is 2.65 bits per heavy atom. The molecule has 0 amide bonds. The molecule has 1 N–H and O–H groups in total. The van der Waals surface area contributed by atoms with Crippen LogP contribution < -0.4 is 4.90 Å². The lowest BCUT2D eigenvalue weighted by Gasteiger charge is -2.19. The zero-order valence-electron chi connectivity index (χ0n) is 11.1. The predicted octanol–water partition coefficient (Wildman–Crippen LogP) is 2.60. The number of carbonyl (C=O) groups is 1. The van der Waals surface area contributed by atoms with Crippen molar-refractivity contribution in [3.05, 3.63) is 59.5 Å². The van der Waals surface area contributed by atoms with E-state index in [1.165, 1.54) is 6.20 Å². The molecule has 1 aromatic heterocycles. The third-order valence-electron chi connectivity index (χ3n) is 3.04. The molecule has 0 aliphatic heterocycles. The van der Waals surface area contributed by atoms with Crippen molar-refractivity contribution in [3.8, 4) is 0 Å². The number of pyridine rings is 1. The van der Waals surface area contributed by atoms with Crippen molar-refractivity contribution in [2.45, 2.75) is 6.42 Å². The van der Waals surface area contributed by atoms with E-state index in [1.807, 2.05) is 30.3 Å². The van der Waals surface area contributed by atoms with Crippen LogP contribution >= 0.6 is 0 Å². The highest BCUT2D eigenvalue weighted by Crippen LogP contribution is 2.18. The highest BCUT2D eigenvalue weighted by molar-refractivity contribution is 5.88. The second-order valence-corrected chi connectivity index (χ2v) is 4.46. The predicted molar refractivity (Wildman–Crippen MR) is 74.6 cm³/mol. The summed E-state index contributed by atoms with van der Waals surface area (Å²) in [7, 11) is 1.69. The maximum absolute atomic E-state index is 14.0. The molecule has 2 aromatic rings. The first kappa shape index (κ1) is 14.0. The van der Waals surface area contributed by atoms with Crippen LogP contribution in [0.3, 0.4) is 0 Å². The number of likely N-dealkylation sites (N-methyl/N-ethyl adjacent to an activating group) is 1. The number of carboxylic acids is 1. The molecule has 0 aliphatic rings. The number of rotatable bonds is 5. The number of anilines is 1. The molecule has 104 valence electrons. The zero-order valence-corrected chi connectivity index (χ0v) is 11.1. The van der Waals surface area contributed by atoms with Crippen molar-refractivity contribution in [1.82, 2.24) is 4.98 Å². The minimum absolute atomic E-state index is 0.0563. The minimum atomic E-state index is -1.29. The summed E-state index contributed by atoms with van der Waals surface area (Å²) >= 11 is 0. The Bertz CT molecular complexity index is 602. The number of hydrogen-bond donors (Lipinski definition) is 1. The number of carboxylic acid groups (broad SMARTS) is 1. The average molecular weight is 274 g/mol. The molecule has 4 nitrogen and oxygen atoms in total. The van der Waals surface area contributed by atoms with E-state index in [9.17, 15) is 9.18 Å². The quantitative estimate of drug-likeness (QED) is 0.910. The second kappa shape index (κ2) is 6.14. The maximum Gasteiger partial charge on any atom is 0.338 e. The Morgan fingerprint density at radius 1 is 1.30 bits per heavy atom. The van der Waals surface area contributed by atoms with Crippen molar-refractivity contribution in [1.29, 1.82) is 0 Å². The number of aromatic carboxylic acids is 1.